The molecule has 1 atom stereocenters. The Morgan fingerprint density at radius 1 is 0.349 bits per heavy atom. The van der Waals surface area contributed by atoms with Crippen LogP contribution in [0.25, 0.3) is 0 Å². The van der Waals surface area contributed by atoms with Gasteiger partial charge in [0.25, 0.3) is 0 Å². The summed E-state index contributed by atoms with van der Waals surface area (Å²) in [4.78, 5) is 37.9. The Morgan fingerprint density at radius 3 is 1.17 bits per heavy atom. The second-order valence-electron chi connectivity index (χ2n) is 16.4. The molecule has 63 heavy (non-hydrogen) atoms. The van der Waals surface area contributed by atoms with Gasteiger partial charge in [-0.2, -0.15) is 0 Å². The van der Waals surface area contributed by atoms with Crippen molar-refractivity contribution in [2.75, 3.05) is 13.2 Å². The maximum Gasteiger partial charge on any atom is 0.306 e. The molecule has 0 fully saturated rings. The minimum absolute atomic E-state index is 0.112. The molecule has 0 aliphatic rings. The van der Waals surface area contributed by atoms with Crippen LogP contribution >= 0.6 is 0 Å². The van der Waals surface area contributed by atoms with Gasteiger partial charge >= 0.3 is 17.9 Å². The minimum Gasteiger partial charge on any atom is -0.462 e. The minimum atomic E-state index is -0.815. The third-order valence-corrected chi connectivity index (χ3v) is 10.3. The summed E-state index contributed by atoms with van der Waals surface area (Å²) in [5.41, 5.74) is 0. The largest absolute Gasteiger partial charge is 0.462 e. The topological polar surface area (TPSA) is 78.9 Å². The molecule has 0 aromatic rings. The maximum atomic E-state index is 12.8. The van der Waals surface area contributed by atoms with Gasteiger partial charge in [-0.1, -0.05) is 201 Å². The molecule has 0 heterocycles. The van der Waals surface area contributed by atoms with Crippen molar-refractivity contribution in [1.29, 1.82) is 0 Å². The van der Waals surface area contributed by atoms with Crippen LogP contribution in [-0.4, -0.2) is 37.2 Å². The Kier molecular flexibility index (Phi) is 47.5. The van der Waals surface area contributed by atoms with E-state index in [1.165, 1.54) is 44.9 Å². The van der Waals surface area contributed by atoms with Gasteiger partial charge in [0.1, 0.15) is 13.2 Å². The number of allylic oxidation sites excluding steroid dienone is 18. The number of esters is 3. The molecule has 6 nitrogen and oxygen atoms in total. The normalized spacial score (nSPS) is 13.0. The van der Waals surface area contributed by atoms with Gasteiger partial charge in [0.2, 0.25) is 0 Å². The summed E-state index contributed by atoms with van der Waals surface area (Å²) in [6.07, 6.45) is 67.9. The van der Waals surface area contributed by atoms with Crippen molar-refractivity contribution in [1.82, 2.24) is 0 Å². The Balaban J connectivity index is 4.53. The highest BCUT2D eigenvalue weighted by Crippen LogP contribution is 2.12. The van der Waals surface area contributed by atoms with E-state index < -0.39 is 6.10 Å². The molecule has 0 bridgehead atoms. The van der Waals surface area contributed by atoms with Gasteiger partial charge in [-0.25, -0.2) is 0 Å². The van der Waals surface area contributed by atoms with Crippen molar-refractivity contribution < 1.29 is 28.6 Å². The smallest absolute Gasteiger partial charge is 0.306 e. The van der Waals surface area contributed by atoms with Crippen LogP contribution in [-0.2, 0) is 28.6 Å². The molecular weight excluding hydrogens is 781 g/mol. The van der Waals surface area contributed by atoms with Crippen LogP contribution in [0, 0.1) is 0 Å². The molecule has 0 saturated heterocycles. The number of rotatable bonds is 44. The van der Waals surface area contributed by atoms with Gasteiger partial charge in [0, 0.05) is 19.3 Å². The van der Waals surface area contributed by atoms with E-state index in [2.05, 4.69) is 130 Å². The zero-order chi connectivity index (χ0) is 45.8. The lowest BCUT2D eigenvalue weighted by Crippen LogP contribution is -2.30. The molecule has 0 N–H and O–H groups in total. The summed E-state index contributed by atoms with van der Waals surface area (Å²) < 4.78 is 16.7. The predicted octanol–water partition coefficient (Wildman–Crippen LogP) is 16.8. The molecule has 6 heteroatoms. The first-order valence-corrected chi connectivity index (χ1v) is 25.4. The molecule has 0 aromatic heterocycles. The molecular formula is C57H92O6. The Labute approximate surface area is 387 Å². The lowest BCUT2D eigenvalue weighted by Gasteiger charge is -2.18. The molecule has 0 aromatic carbocycles. The predicted molar refractivity (Wildman–Crippen MR) is 270 cm³/mol. The van der Waals surface area contributed by atoms with E-state index in [-0.39, 0.29) is 37.5 Å². The van der Waals surface area contributed by atoms with Gasteiger partial charge in [-0.15, -0.1) is 0 Å². The van der Waals surface area contributed by atoms with Gasteiger partial charge < -0.3 is 14.2 Å². The van der Waals surface area contributed by atoms with Crippen LogP contribution in [0.5, 0.6) is 0 Å². The monoisotopic (exact) mass is 873 g/mol. The molecule has 0 saturated carbocycles. The highest BCUT2D eigenvalue weighted by Gasteiger charge is 2.19. The van der Waals surface area contributed by atoms with Gasteiger partial charge in [-0.3, -0.25) is 14.4 Å². The molecule has 0 radical (unpaired) electrons. The molecule has 0 aliphatic heterocycles. The Hall–Kier alpha value is -3.93. The second kappa shape index (κ2) is 50.7. The van der Waals surface area contributed by atoms with Gasteiger partial charge in [-0.05, 0) is 103 Å². The fraction of sp³-hybridized carbons (Fsp3) is 0.632. The van der Waals surface area contributed by atoms with Crippen LogP contribution in [0.2, 0.25) is 0 Å². The number of unbranched alkanes of at least 4 members (excludes halogenated alkanes) is 18. The van der Waals surface area contributed by atoms with Crippen LogP contribution in [0.4, 0.5) is 0 Å². The summed E-state index contributed by atoms with van der Waals surface area (Å²) in [5, 5.41) is 0. The summed E-state index contributed by atoms with van der Waals surface area (Å²) in [5.74, 6) is -0.996. The number of carbonyl (C=O) groups is 3. The fourth-order valence-electron chi connectivity index (χ4n) is 6.54. The number of hydrogen-bond donors (Lipinski definition) is 0. The molecule has 1 unspecified atom stereocenters. The molecule has 0 amide bonds. The highest BCUT2D eigenvalue weighted by atomic mass is 16.6. The van der Waals surface area contributed by atoms with E-state index in [4.69, 9.17) is 14.2 Å². The zero-order valence-electron chi connectivity index (χ0n) is 40.5. The van der Waals surface area contributed by atoms with Crippen LogP contribution in [0.3, 0.4) is 0 Å². The quantitative estimate of drug-likeness (QED) is 0.0199. The SMILES string of the molecule is CC/C=C/C=C/C=C/CCCCCCCC(=O)OCC(COC(=O)CCCCC/C=C/C/C=C/C/C=C/C/C=C/CC)OC(=O)CCCCC/C=C/C=C/CCCCCCCCC. The van der Waals surface area contributed by atoms with E-state index in [0.29, 0.717) is 12.8 Å². The van der Waals surface area contributed by atoms with E-state index in [1.54, 1.807) is 0 Å². The first kappa shape index (κ1) is 59.1. The third kappa shape index (κ3) is 49.0. The summed E-state index contributed by atoms with van der Waals surface area (Å²) in [6.45, 7) is 6.30. The molecule has 0 aliphatic carbocycles. The number of carbonyl (C=O) groups excluding carboxylic acids is 3. The highest BCUT2D eigenvalue weighted by molar-refractivity contribution is 5.71. The van der Waals surface area contributed by atoms with Gasteiger partial charge in [0.05, 0.1) is 0 Å². The third-order valence-electron chi connectivity index (χ3n) is 10.3. The molecule has 356 valence electrons. The number of hydrogen-bond acceptors (Lipinski definition) is 6. The molecule has 0 rings (SSSR count). The Morgan fingerprint density at radius 2 is 0.698 bits per heavy atom. The average Bonchev–Trinajstić information content (AvgIpc) is 3.28. The fourth-order valence-corrected chi connectivity index (χ4v) is 6.54. The molecule has 0 spiro atoms. The van der Waals surface area contributed by atoms with E-state index in [1.807, 2.05) is 0 Å². The summed E-state index contributed by atoms with van der Waals surface area (Å²) in [6, 6.07) is 0. The van der Waals surface area contributed by atoms with Crippen LogP contribution in [0.15, 0.2) is 109 Å². The van der Waals surface area contributed by atoms with Crippen molar-refractivity contribution in [3.8, 4) is 0 Å². The van der Waals surface area contributed by atoms with Crippen LogP contribution in [0.1, 0.15) is 213 Å². The van der Waals surface area contributed by atoms with Crippen molar-refractivity contribution in [2.45, 2.75) is 219 Å². The van der Waals surface area contributed by atoms with Crippen molar-refractivity contribution >= 4 is 17.9 Å². The Bertz CT molecular complexity index is 1330. The van der Waals surface area contributed by atoms with E-state index in [0.717, 1.165) is 128 Å². The van der Waals surface area contributed by atoms with E-state index in [9.17, 15) is 14.4 Å². The first-order valence-electron chi connectivity index (χ1n) is 25.4. The van der Waals surface area contributed by atoms with Gasteiger partial charge in [0.15, 0.2) is 6.10 Å². The van der Waals surface area contributed by atoms with E-state index >= 15 is 0 Å². The zero-order valence-corrected chi connectivity index (χ0v) is 40.5. The van der Waals surface area contributed by atoms with Crippen molar-refractivity contribution in [2.24, 2.45) is 0 Å². The average molecular weight is 873 g/mol. The van der Waals surface area contributed by atoms with Crippen LogP contribution < -0.4 is 0 Å². The van der Waals surface area contributed by atoms with Crippen molar-refractivity contribution in [3.05, 3.63) is 109 Å². The number of ether oxygens (including phenoxy) is 3. The first-order chi connectivity index (χ1) is 31.0. The lowest BCUT2D eigenvalue weighted by atomic mass is 10.1. The second-order valence-corrected chi connectivity index (χ2v) is 16.4. The standard InChI is InChI=1S/C57H92O6/c1-4-7-10-13-16-19-22-25-27-29-32-35-38-41-44-47-50-56(59)62-53-54(52-61-55(58)49-46-43-40-37-34-31-24-21-18-15-12-9-6-3)63-57(60)51-48-45-42-39-36-33-30-28-26-23-20-17-14-11-8-5-2/h7,9-10,12,15-16,18-19,21,24-25,27-28,30,32-33,35-36,54H,4-6,8,11,13-14,17,20,22-23,26,29,31,34,37-53H2,1-3H3/b10-7+,12-9+,18-15+,19-16+,24-21+,27-25+,30-28+,35-32+,36-33+. The maximum absolute atomic E-state index is 12.8. The lowest BCUT2D eigenvalue weighted by molar-refractivity contribution is -0.167. The summed E-state index contributed by atoms with van der Waals surface area (Å²) >= 11 is 0. The van der Waals surface area contributed by atoms with Crippen molar-refractivity contribution in [3.63, 3.8) is 0 Å². The summed E-state index contributed by atoms with van der Waals surface area (Å²) in [7, 11) is 0.